The molecule has 0 amide bonds. The van der Waals surface area contributed by atoms with Gasteiger partial charge in [0.2, 0.25) is 6.79 Å². The van der Waals surface area contributed by atoms with Crippen molar-refractivity contribution >= 4 is 23.8 Å². The van der Waals surface area contributed by atoms with E-state index in [4.69, 9.17) is 9.47 Å². The third-order valence-corrected chi connectivity index (χ3v) is 6.07. The van der Waals surface area contributed by atoms with E-state index in [1.54, 1.807) is 0 Å². The van der Waals surface area contributed by atoms with Gasteiger partial charge in [0.25, 0.3) is 0 Å². The third-order valence-electron chi connectivity index (χ3n) is 3.64. The van der Waals surface area contributed by atoms with Gasteiger partial charge < -0.3 is 9.47 Å². The molecule has 1 aliphatic heterocycles. The second-order valence-corrected chi connectivity index (χ2v) is 7.26. The number of benzene rings is 3. The fraction of sp³-hybridized carbons (Fsp3) is 0.0526. The van der Waals surface area contributed by atoms with Crippen molar-refractivity contribution in [3.8, 4) is 11.5 Å². The first-order valence-electron chi connectivity index (χ1n) is 7.22. The number of hydrogen-bond donors (Lipinski definition) is 0. The lowest BCUT2D eigenvalue weighted by atomic mass is 10.3. The maximum absolute atomic E-state index is 5.55. The fourth-order valence-electron chi connectivity index (χ4n) is 2.63. The van der Waals surface area contributed by atoms with E-state index in [0.717, 1.165) is 11.5 Å². The van der Waals surface area contributed by atoms with Crippen LogP contribution in [0.15, 0.2) is 78.9 Å². The van der Waals surface area contributed by atoms with E-state index >= 15 is 0 Å². The van der Waals surface area contributed by atoms with Gasteiger partial charge in [-0.2, -0.15) is 0 Å². The summed E-state index contributed by atoms with van der Waals surface area (Å²) in [6.45, 7) is 0.313. The minimum atomic E-state index is -0.588. The predicted octanol–water partition coefficient (Wildman–Crippen LogP) is 3.17. The fourth-order valence-corrected chi connectivity index (χ4v) is 4.93. The summed E-state index contributed by atoms with van der Waals surface area (Å²) in [6, 6.07) is 27.6. The minimum Gasteiger partial charge on any atom is -0.454 e. The Hall–Kier alpha value is -2.31. The summed E-state index contributed by atoms with van der Waals surface area (Å²) >= 11 is 0. The first kappa shape index (κ1) is 13.4. The van der Waals surface area contributed by atoms with Gasteiger partial charge >= 0.3 is 0 Å². The van der Waals surface area contributed by atoms with Crippen LogP contribution in [0.4, 0.5) is 0 Å². The van der Waals surface area contributed by atoms with Crippen molar-refractivity contribution in [2.75, 3.05) is 6.79 Å². The Balaban J connectivity index is 1.84. The van der Waals surface area contributed by atoms with Crippen LogP contribution >= 0.6 is 7.92 Å². The van der Waals surface area contributed by atoms with E-state index in [1.165, 1.54) is 15.9 Å². The molecule has 0 spiro atoms. The molecule has 0 unspecified atom stereocenters. The number of fused-ring (bicyclic) bond motifs is 1. The zero-order chi connectivity index (χ0) is 14.8. The lowest BCUT2D eigenvalue weighted by Crippen LogP contribution is -2.20. The molecule has 4 rings (SSSR count). The summed E-state index contributed by atoms with van der Waals surface area (Å²) in [6.07, 6.45) is 0. The van der Waals surface area contributed by atoms with Gasteiger partial charge in [-0.3, -0.25) is 0 Å². The number of ether oxygens (including phenoxy) is 2. The molecule has 0 atom stereocenters. The van der Waals surface area contributed by atoms with Crippen LogP contribution in [0, 0.1) is 0 Å². The Morgan fingerprint density at radius 3 is 1.82 bits per heavy atom. The van der Waals surface area contributed by atoms with E-state index in [9.17, 15) is 0 Å². The highest BCUT2D eigenvalue weighted by atomic mass is 31.1. The van der Waals surface area contributed by atoms with Crippen molar-refractivity contribution in [1.29, 1.82) is 0 Å². The summed E-state index contributed by atoms with van der Waals surface area (Å²) in [5.74, 6) is 1.68. The van der Waals surface area contributed by atoms with E-state index in [1.807, 2.05) is 6.07 Å². The summed E-state index contributed by atoms with van der Waals surface area (Å²) in [5, 5.41) is 3.95. The number of rotatable bonds is 3. The Kier molecular flexibility index (Phi) is 3.54. The lowest BCUT2D eigenvalue weighted by Gasteiger charge is -2.19. The molecule has 3 aromatic carbocycles. The molecular weight excluding hydrogens is 291 g/mol. The molecule has 0 fully saturated rings. The zero-order valence-corrected chi connectivity index (χ0v) is 12.9. The molecule has 0 N–H and O–H groups in total. The van der Waals surface area contributed by atoms with Gasteiger partial charge in [0.15, 0.2) is 11.5 Å². The van der Waals surface area contributed by atoms with Gasteiger partial charge in [0, 0.05) is 0 Å². The molecule has 1 aliphatic rings. The highest BCUT2D eigenvalue weighted by Crippen LogP contribution is 2.38. The average molecular weight is 306 g/mol. The monoisotopic (exact) mass is 306 g/mol. The maximum Gasteiger partial charge on any atom is 0.231 e. The standard InChI is InChI=1S/C19H15O2P/c1-3-7-15(8-4-1)22(16-9-5-2-6-10-16)17-11-12-18-19(13-17)21-14-20-18/h1-13H,14H2. The van der Waals surface area contributed by atoms with Crippen molar-refractivity contribution in [1.82, 2.24) is 0 Å². The summed E-state index contributed by atoms with van der Waals surface area (Å²) < 4.78 is 11.0. The maximum atomic E-state index is 5.55. The SMILES string of the molecule is c1ccc(P(c2ccccc2)c2ccc3c(c2)OCO3)cc1. The van der Waals surface area contributed by atoms with E-state index in [0.29, 0.717) is 6.79 Å². The van der Waals surface area contributed by atoms with E-state index in [2.05, 4.69) is 72.8 Å². The Morgan fingerprint density at radius 2 is 1.18 bits per heavy atom. The zero-order valence-electron chi connectivity index (χ0n) is 12.0. The molecule has 108 valence electrons. The largest absolute Gasteiger partial charge is 0.454 e. The molecule has 0 saturated carbocycles. The van der Waals surface area contributed by atoms with Crippen LogP contribution in [0.5, 0.6) is 11.5 Å². The van der Waals surface area contributed by atoms with Gasteiger partial charge in [0.1, 0.15) is 0 Å². The van der Waals surface area contributed by atoms with Crippen molar-refractivity contribution in [3.63, 3.8) is 0 Å². The molecular formula is C19H15O2P. The molecule has 0 radical (unpaired) electrons. The molecule has 2 nitrogen and oxygen atoms in total. The molecule has 0 bridgehead atoms. The second-order valence-electron chi connectivity index (χ2n) is 5.04. The van der Waals surface area contributed by atoms with E-state index in [-0.39, 0.29) is 0 Å². The second kappa shape index (κ2) is 5.82. The summed E-state index contributed by atoms with van der Waals surface area (Å²) in [5.41, 5.74) is 0. The third kappa shape index (κ3) is 2.47. The van der Waals surface area contributed by atoms with Gasteiger partial charge in [0.05, 0.1) is 0 Å². The predicted molar refractivity (Wildman–Crippen MR) is 91.3 cm³/mol. The van der Waals surface area contributed by atoms with Crippen LogP contribution in [0.1, 0.15) is 0 Å². The van der Waals surface area contributed by atoms with E-state index < -0.39 is 7.92 Å². The molecule has 0 saturated heterocycles. The van der Waals surface area contributed by atoms with Gasteiger partial charge in [-0.1, -0.05) is 60.7 Å². The smallest absolute Gasteiger partial charge is 0.231 e. The van der Waals surface area contributed by atoms with Crippen LogP contribution in [-0.2, 0) is 0 Å². The van der Waals surface area contributed by atoms with Crippen LogP contribution < -0.4 is 25.4 Å². The Bertz CT molecular complexity index is 732. The van der Waals surface area contributed by atoms with Gasteiger partial charge in [-0.15, -0.1) is 0 Å². The first-order chi connectivity index (χ1) is 10.9. The molecule has 22 heavy (non-hydrogen) atoms. The Labute approximate surface area is 131 Å². The van der Waals surface area contributed by atoms with Crippen LogP contribution in [0.2, 0.25) is 0 Å². The summed E-state index contributed by atoms with van der Waals surface area (Å²) in [7, 11) is -0.588. The van der Waals surface area contributed by atoms with Gasteiger partial charge in [-0.25, -0.2) is 0 Å². The van der Waals surface area contributed by atoms with Gasteiger partial charge in [-0.05, 0) is 42.0 Å². The Morgan fingerprint density at radius 1 is 0.591 bits per heavy atom. The average Bonchev–Trinajstić information content (AvgIpc) is 3.05. The van der Waals surface area contributed by atoms with Crippen molar-refractivity contribution in [2.24, 2.45) is 0 Å². The van der Waals surface area contributed by atoms with Crippen molar-refractivity contribution < 1.29 is 9.47 Å². The highest BCUT2D eigenvalue weighted by Gasteiger charge is 2.20. The summed E-state index contributed by atoms with van der Waals surface area (Å²) in [4.78, 5) is 0. The molecule has 3 heteroatoms. The van der Waals surface area contributed by atoms with Crippen molar-refractivity contribution in [3.05, 3.63) is 78.9 Å². The van der Waals surface area contributed by atoms with Crippen LogP contribution in [0.3, 0.4) is 0 Å². The van der Waals surface area contributed by atoms with Crippen LogP contribution in [-0.4, -0.2) is 6.79 Å². The topological polar surface area (TPSA) is 18.5 Å². The molecule has 0 aromatic heterocycles. The normalized spacial score (nSPS) is 12.6. The molecule has 3 aromatic rings. The molecule has 0 aliphatic carbocycles. The molecule has 1 heterocycles. The van der Waals surface area contributed by atoms with Crippen LogP contribution in [0.25, 0.3) is 0 Å². The van der Waals surface area contributed by atoms with Crippen molar-refractivity contribution in [2.45, 2.75) is 0 Å². The minimum absolute atomic E-state index is 0.313. The lowest BCUT2D eigenvalue weighted by molar-refractivity contribution is 0.174. The quantitative estimate of drug-likeness (QED) is 0.692. The highest BCUT2D eigenvalue weighted by molar-refractivity contribution is 7.79. The first-order valence-corrected chi connectivity index (χ1v) is 8.56. The number of hydrogen-bond acceptors (Lipinski definition) is 2.